The number of ether oxygens (including phenoxy) is 1. The van der Waals surface area contributed by atoms with Crippen LogP contribution in [0.3, 0.4) is 0 Å². The molecule has 32 heavy (non-hydrogen) atoms. The molecule has 3 atom stereocenters. The molecule has 1 amide bonds. The highest BCUT2D eigenvalue weighted by Gasteiger charge is 2.39. The zero-order valence-electron chi connectivity index (χ0n) is 18.7. The molecule has 1 aliphatic heterocycles. The Hall–Kier alpha value is -2.26. The number of amides is 1. The summed E-state index contributed by atoms with van der Waals surface area (Å²) in [6, 6.07) is 4.79. The van der Waals surface area contributed by atoms with Crippen LogP contribution in [0.25, 0.3) is 0 Å². The van der Waals surface area contributed by atoms with Gasteiger partial charge in [-0.15, -0.1) is 0 Å². The number of Topliss-reactive ketones (excluding diaryl/α,β-unsaturated/α-hetero) is 1. The third kappa shape index (κ3) is 5.75. The first-order chi connectivity index (χ1) is 15.2. The van der Waals surface area contributed by atoms with Crippen LogP contribution in [0.2, 0.25) is 0 Å². The smallest absolute Gasteiger partial charge is 0.324 e. The first-order valence-electron chi connectivity index (χ1n) is 11.3. The summed E-state index contributed by atoms with van der Waals surface area (Å²) in [6.07, 6.45) is 5.87. The van der Waals surface area contributed by atoms with Gasteiger partial charge in [0.25, 0.3) is 5.91 Å². The molecule has 8 nitrogen and oxygen atoms in total. The van der Waals surface area contributed by atoms with Gasteiger partial charge < -0.3 is 10.1 Å². The quantitative estimate of drug-likeness (QED) is 0.491. The standard InChI is InChI=1S/C23H32N2O6S/c1-16-7-3-4-8-20(16)24-22(27)15-31-23(28)21-9-5-6-14-25(21)32(29,30)19-12-10-18(11-13-19)17(2)26/h10-13,16,20-21H,3-9,14-15H2,1-2H3,(H,24,27). The maximum Gasteiger partial charge on any atom is 0.324 e. The van der Waals surface area contributed by atoms with Gasteiger partial charge in [-0.25, -0.2) is 8.42 Å². The molecule has 1 heterocycles. The monoisotopic (exact) mass is 464 g/mol. The van der Waals surface area contributed by atoms with Crippen molar-refractivity contribution in [2.75, 3.05) is 13.2 Å². The van der Waals surface area contributed by atoms with Crippen molar-refractivity contribution in [1.29, 1.82) is 0 Å². The number of nitrogens with one attached hydrogen (secondary N) is 1. The van der Waals surface area contributed by atoms with Crippen LogP contribution in [0, 0.1) is 5.92 Å². The lowest BCUT2D eigenvalue weighted by Gasteiger charge is -2.33. The molecule has 1 N–H and O–H groups in total. The molecular formula is C23H32N2O6S. The summed E-state index contributed by atoms with van der Waals surface area (Å²) in [4.78, 5) is 36.5. The van der Waals surface area contributed by atoms with Crippen molar-refractivity contribution in [2.45, 2.75) is 75.8 Å². The molecule has 1 saturated heterocycles. The second kappa shape index (κ2) is 10.6. The zero-order chi connectivity index (χ0) is 23.3. The minimum Gasteiger partial charge on any atom is -0.454 e. The lowest BCUT2D eigenvalue weighted by Crippen LogP contribution is -2.49. The molecule has 1 aromatic carbocycles. The molecule has 2 fully saturated rings. The number of ketones is 1. The van der Waals surface area contributed by atoms with Crippen molar-refractivity contribution >= 4 is 27.7 Å². The molecule has 0 spiro atoms. The average Bonchev–Trinajstić information content (AvgIpc) is 2.79. The fourth-order valence-corrected chi connectivity index (χ4v) is 6.08. The van der Waals surface area contributed by atoms with Gasteiger partial charge in [-0.05, 0) is 57.1 Å². The third-order valence-electron chi connectivity index (χ3n) is 6.40. The van der Waals surface area contributed by atoms with Crippen LogP contribution in [-0.4, -0.2) is 55.6 Å². The van der Waals surface area contributed by atoms with E-state index in [2.05, 4.69) is 12.2 Å². The largest absolute Gasteiger partial charge is 0.454 e. The minimum atomic E-state index is -3.95. The van der Waals surface area contributed by atoms with Crippen LogP contribution in [0.4, 0.5) is 0 Å². The molecule has 176 valence electrons. The Labute approximate surface area is 189 Å². The van der Waals surface area contributed by atoms with Gasteiger partial charge in [0.1, 0.15) is 6.04 Å². The van der Waals surface area contributed by atoms with Gasteiger partial charge in [0.2, 0.25) is 10.0 Å². The highest BCUT2D eigenvalue weighted by molar-refractivity contribution is 7.89. The fourth-order valence-electron chi connectivity index (χ4n) is 4.44. The number of carbonyl (C=O) groups is 3. The van der Waals surface area contributed by atoms with Crippen molar-refractivity contribution < 1.29 is 27.5 Å². The molecule has 1 aromatic rings. The van der Waals surface area contributed by atoms with E-state index < -0.39 is 28.6 Å². The van der Waals surface area contributed by atoms with Crippen molar-refractivity contribution in [3.63, 3.8) is 0 Å². The Morgan fingerprint density at radius 1 is 1.03 bits per heavy atom. The summed E-state index contributed by atoms with van der Waals surface area (Å²) in [7, 11) is -3.95. The second-order valence-corrected chi connectivity index (χ2v) is 10.6. The van der Waals surface area contributed by atoms with Crippen LogP contribution in [0.15, 0.2) is 29.2 Å². The van der Waals surface area contributed by atoms with Gasteiger partial charge in [-0.3, -0.25) is 14.4 Å². The lowest BCUT2D eigenvalue weighted by molar-refractivity contribution is -0.153. The minimum absolute atomic E-state index is 0.0197. The summed E-state index contributed by atoms with van der Waals surface area (Å²) < 4.78 is 32.7. The van der Waals surface area contributed by atoms with E-state index in [1.165, 1.54) is 31.2 Å². The third-order valence-corrected chi connectivity index (χ3v) is 8.32. The van der Waals surface area contributed by atoms with E-state index in [1.54, 1.807) is 0 Å². The van der Waals surface area contributed by atoms with Crippen molar-refractivity contribution in [3.05, 3.63) is 29.8 Å². The topological polar surface area (TPSA) is 110 Å². The van der Waals surface area contributed by atoms with Crippen LogP contribution >= 0.6 is 0 Å². The maximum atomic E-state index is 13.2. The van der Waals surface area contributed by atoms with Gasteiger partial charge in [0.05, 0.1) is 4.90 Å². The van der Waals surface area contributed by atoms with E-state index in [0.717, 1.165) is 30.0 Å². The molecule has 0 radical (unpaired) electrons. The second-order valence-electron chi connectivity index (χ2n) is 8.75. The van der Waals surface area contributed by atoms with Crippen molar-refractivity contribution in [3.8, 4) is 0 Å². The highest BCUT2D eigenvalue weighted by atomic mass is 32.2. The van der Waals surface area contributed by atoms with E-state index in [1.807, 2.05) is 0 Å². The van der Waals surface area contributed by atoms with E-state index in [-0.39, 0.29) is 29.2 Å². The maximum absolute atomic E-state index is 13.2. The number of hydrogen-bond acceptors (Lipinski definition) is 6. The van der Waals surface area contributed by atoms with Crippen molar-refractivity contribution in [2.24, 2.45) is 5.92 Å². The van der Waals surface area contributed by atoms with Crippen molar-refractivity contribution in [1.82, 2.24) is 9.62 Å². The Morgan fingerprint density at radius 2 is 1.69 bits per heavy atom. The number of rotatable bonds is 7. The number of benzene rings is 1. The predicted molar refractivity (Wildman–Crippen MR) is 118 cm³/mol. The Morgan fingerprint density at radius 3 is 2.34 bits per heavy atom. The highest BCUT2D eigenvalue weighted by Crippen LogP contribution is 2.27. The molecule has 1 aliphatic carbocycles. The van der Waals surface area contributed by atoms with Crippen LogP contribution in [0.5, 0.6) is 0 Å². The number of esters is 1. The normalized spacial score (nSPS) is 24.5. The number of sulfonamides is 1. The molecule has 0 aromatic heterocycles. The summed E-state index contributed by atoms with van der Waals surface area (Å²) in [5.74, 6) is -0.839. The molecule has 1 saturated carbocycles. The lowest BCUT2D eigenvalue weighted by atomic mass is 9.86. The molecule has 0 bridgehead atoms. The Balaban J connectivity index is 1.64. The van der Waals surface area contributed by atoms with Gasteiger partial charge in [0, 0.05) is 18.2 Å². The first-order valence-corrected chi connectivity index (χ1v) is 12.7. The van der Waals surface area contributed by atoms with Gasteiger partial charge in [0.15, 0.2) is 12.4 Å². The number of piperidine rings is 1. The molecule has 2 aliphatic rings. The number of nitrogens with zero attached hydrogens (tertiary/aromatic N) is 1. The van der Waals surface area contributed by atoms with Gasteiger partial charge in [-0.2, -0.15) is 4.31 Å². The van der Waals surface area contributed by atoms with Crippen LogP contribution in [0.1, 0.15) is 69.2 Å². The molecular weight excluding hydrogens is 432 g/mol. The molecule has 9 heteroatoms. The van der Waals surface area contributed by atoms with Gasteiger partial charge >= 0.3 is 5.97 Å². The summed E-state index contributed by atoms with van der Waals surface area (Å²) in [6.45, 7) is 3.29. The molecule has 3 rings (SSSR count). The summed E-state index contributed by atoms with van der Waals surface area (Å²) in [5.41, 5.74) is 0.414. The predicted octanol–water partition coefficient (Wildman–Crippen LogP) is 2.67. The summed E-state index contributed by atoms with van der Waals surface area (Å²) >= 11 is 0. The Kier molecular flexibility index (Phi) is 8.05. The zero-order valence-corrected chi connectivity index (χ0v) is 19.5. The number of carbonyl (C=O) groups excluding carboxylic acids is 3. The molecule has 3 unspecified atom stereocenters. The summed E-state index contributed by atoms with van der Waals surface area (Å²) in [5, 5.41) is 2.93. The average molecular weight is 465 g/mol. The van der Waals surface area contributed by atoms with Gasteiger partial charge in [-0.1, -0.05) is 31.9 Å². The van der Waals surface area contributed by atoms with E-state index in [0.29, 0.717) is 30.7 Å². The van der Waals surface area contributed by atoms with E-state index in [4.69, 9.17) is 4.74 Å². The Bertz CT molecular complexity index is 944. The van der Waals surface area contributed by atoms with Crippen LogP contribution in [-0.2, 0) is 24.3 Å². The number of hydrogen-bond donors (Lipinski definition) is 1. The first kappa shape index (κ1) is 24.4. The fraction of sp³-hybridized carbons (Fsp3) is 0.609. The SMILES string of the molecule is CC(=O)c1ccc(S(=O)(=O)N2CCCCC2C(=O)OCC(=O)NC2CCCCC2C)cc1. The van der Waals surface area contributed by atoms with Crippen LogP contribution < -0.4 is 5.32 Å². The van der Waals surface area contributed by atoms with E-state index in [9.17, 15) is 22.8 Å². The van der Waals surface area contributed by atoms with E-state index >= 15 is 0 Å².